The van der Waals surface area contributed by atoms with Crippen LogP contribution < -0.4 is 0 Å². The van der Waals surface area contributed by atoms with Crippen molar-refractivity contribution >= 4 is 29.8 Å². The van der Waals surface area contributed by atoms with Crippen molar-refractivity contribution in [2.75, 3.05) is 6.61 Å². The summed E-state index contributed by atoms with van der Waals surface area (Å²) in [4.78, 5) is 56.6. The number of ether oxygens (including phenoxy) is 5. The summed E-state index contributed by atoms with van der Waals surface area (Å²) in [5.41, 5.74) is 0. The van der Waals surface area contributed by atoms with Crippen LogP contribution in [0, 0.1) is 0 Å². The van der Waals surface area contributed by atoms with Crippen molar-refractivity contribution in [3.8, 4) is 0 Å². The SMILES string of the molecule is CC(=O)OC[C@H](OC(C)=O)[C@H](OC(C)=O)[C@@H](OC(C)=O)[C@H](C)OC(C)=O. The fraction of sp³-hybridized carbons (Fsp3) is 0.688. The number of carbonyl (C=O) groups excluding carboxylic acids is 5. The minimum absolute atomic E-state index is 0.461. The third-order valence-corrected chi connectivity index (χ3v) is 2.88. The lowest BCUT2D eigenvalue weighted by Gasteiger charge is -2.34. The first-order chi connectivity index (χ1) is 11.9. The predicted molar refractivity (Wildman–Crippen MR) is 84.5 cm³/mol. The van der Waals surface area contributed by atoms with Crippen LogP contribution in [0.5, 0.6) is 0 Å². The van der Waals surface area contributed by atoms with Gasteiger partial charge in [-0.25, -0.2) is 0 Å². The monoisotopic (exact) mass is 376 g/mol. The van der Waals surface area contributed by atoms with E-state index in [1.54, 1.807) is 0 Å². The molecule has 0 aliphatic rings. The summed E-state index contributed by atoms with van der Waals surface area (Å²) in [6.45, 7) is 6.51. The molecule has 0 spiro atoms. The molecule has 148 valence electrons. The third-order valence-electron chi connectivity index (χ3n) is 2.88. The van der Waals surface area contributed by atoms with E-state index in [2.05, 4.69) is 0 Å². The number of hydrogen-bond acceptors (Lipinski definition) is 10. The van der Waals surface area contributed by atoms with Crippen LogP contribution >= 0.6 is 0 Å². The van der Waals surface area contributed by atoms with Gasteiger partial charge in [0.15, 0.2) is 18.3 Å². The molecule has 0 aromatic carbocycles. The first-order valence-corrected chi connectivity index (χ1v) is 7.76. The van der Waals surface area contributed by atoms with Crippen LogP contribution in [0.3, 0.4) is 0 Å². The summed E-state index contributed by atoms with van der Waals surface area (Å²) in [5.74, 6) is -3.61. The fourth-order valence-electron chi connectivity index (χ4n) is 2.11. The minimum atomic E-state index is -1.38. The van der Waals surface area contributed by atoms with E-state index in [4.69, 9.17) is 23.7 Å². The highest BCUT2D eigenvalue weighted by Gasteiger charge is 2.42. The fourth-order valence-corrected chi connectivity index (χ4v) is 2.11. The van der Waals surface area contributed by atoms with Gasteiger partial charge in [0.25, 0.3) is 0 Å². The van der Waals surface area contributed by atoms with Crippen molar-refractivity contribution < 1.29 is 47.7 Å². The molecule has 0 fully saturated rings. The Kier molecular flexibility index (Phi) is 9.93. The normalized spacial score (nSPS) is 14.8. The average Bonchev–Trinajstić information content (AvgIpc) is 2.45. The maximum atomic E-state index is 11.5. The molecule has 10 nitrogen and oxygen atoms in total. The molecule has 0 saturated heterocycles. The lowest BCUT2D eigenvalue weighted by Crippen LogP contribution is -2.52. The van der Waals surface area contributed by atoms with Crippen molar-refractivity contribution in [2.45, 2.75) is 66.0 Å². The molecule has 0 radical (unpaired) electrons. The van der Waals surface area contributed by atoms with Crippen LogP contribution in [0.25, 0.3) is 0 Å². The Morgan fingerprint density at radius 1 is 0.615 bits per heavy atom. The van der Waals surface area contributed by atoms with E-state index in [1.165, 1.54) is 6.92 Å². The average molecular weight is 376 g/mol. The van der Waals surface area contributed by atoms with Gasteiger partial charge in [-0.3, -0.25) is 24.0 Å². The number of carbonyl (C=O) groups is 5. The molecular weight excluding hydrogens is 352 g/mol. The first kappa shape index (κ1) is 23.4. The molecule has 26 heavy (non-hydrogen) atoms. The zero-order valence-electron chi connectivity index (χ0n) is 15.6. The van der Waals surface area contributed by atoms with Gasteiger partial charge >= 0.3 is 29.8 Å². The van der Waals surface area contributed by atoms with E-state index >= 15 is 0 Å². The van der Waals surface area contributed by atoms with E-state index in [-0.39, 0.29) is 0 Å². The van der Waals surface area contributed by atoms with Crippen LogP contribution in [-0.4, -0.2) is 60.9 Å². The van der Waals surface area contributed by atoms with Crippen LogP contribution in [0.2, 0.25) is 0 Å². The van der Waals surface area contributed by atoms with E-state index in [0.717, 1.165) is 34.6 Å². The van der Waals surface area contributed by atoms with Crippen LogP contribution in [-0.2, 0) is 47.7 Å². The van der Waals surface area contributed by atoms with Crippen molar-refractivity contribution in [1.29, 1.82) is 0 Å². The molecule has 0 aromatic heterocycles. The second-order valence-electron chi connectivity index (χ2n) is 5.41. The van der Waals surface area contributed by atoms with E-state index in [9.17, 15) is 24.0 Å². The molecule has 4 atom stereocenters. The van der Waals surface area contributed by atoms with Gasteiger partial charge in [-0.15, -0.1) is 0 Å². The van der Waals surface area contributed by atoms with Gasteiger partial charge in [0.2, 0.25) is 0 Å². The second kappa shape index (κ2) is 11.1. The number of esters is 5. The summed E-state index contributed by atoms with van der Waals surface area (Å²) < 4.78 is 25.1. The zero-order chi connectivity index (χ0) is 20.4. The maximum Gasteiger partial charge on any atom is 0.303 e. The smallest absolute Gasteiger partial charge is 0.303 e. The van der Waals surface area contributed by atoms with Crippen LogP contribution in [0.4, 0.5) is 0 Å². The molecule has 0 amide bonds. The topological polar surface area (TPSA) is 132 Å². The van der Waals surface area contributed by atoms with Crippen molar-refractivity contribution in [3.63, 3.8) is 0 Å². The largest absolute Gasteiger partial charge is 0.462 e. The molecule has 0 aromatic rings. The Hall–Kier alpha value is -2.65. The standard InChI is InChI=1S/C16H24O10/c1-8(23-10(3)18)15(25-12(5)20)16(26-13(6)21)14(24-11(4)19)7-22-9(2)17/h8,14-16H,7H2,1-6H3/t8-,14-,15-,16-/m0/s1. The lowest BCUT2D eigenvalue weighted by molar-refractivity contribution is -0.201. The Morgan fingerprint density at radius 3 is 1.42 bits per heavy atom. The van der Waals surface area contributed by atoms with Gasteiger partial charge in [0, 0.05) is 34.6 Å². The first-order valence-electron chi connectivity index (χ1n) is 7.76. The molecule has 10 heteroatoms. The molecular formula is C16H24O10. The third kappa shape index (κ3) is 9.60. The van der Waals surface area contributed by atoms with E-state index in [1.807, 2.05) is 0 Å². The van der Waals surface area contributed by atoms with E-state index < -0.39 is 60.9 Å². The van der Waals surface area contributed by atoms with Crippen molar-refractivity contribution in [1.82, 2.24) is 0 Å². The van der Waals surface area contributed by atoms with Crippen molar-refractivity contribution in [2.24, 2.45) is 0 Å². The van der Waals surface area contributed by atoms with Crippen LogP contribution in [0.1, 0.15) is 41.5 Å². The van der Waals surface area contributed by atoms with E-state index in [0.29, 0.717) is 0 Å². The Morgan fingerprint density at radius 2 is 1.04 bits per heavy atom. The molecule has 0 aliphatic carbocycles. The molecule has 0 heterocycles. The van der Waals surface area contributed by atoms with Crippen LogP contribution in [0.15, 0.2) is 0 Å². The highest BCUT2D eigenvalue weighted by Crippen LogP contribution is 2.19. The van der Waals surface area contributed by atoms with Gasteiger partial charge in [0.05, 0.1) is 0 Å². The molecule has 0 rings (SSSR count). The van der Waals surface area contributed by atoms with Gasteiger partial charge in [-0.1, -0.05) is 0 Å². The quantitative estimate of drug-likeness (QED) is 0.409. The second-order valence-corrected chi connectivity index (χ2v) is 5.41. The zero-order valence-corrected chi connectivity index (χ0v) is 15.6. The summed E-state index contributed by atoms with van der Waals surface area (Å²) in [6, 6.07) is 0. The highest BCUT2D eigenvalue weighted by molar-refractivity contribution is 5.69. The van der Waals surface area contributed by atoms with Gasteiger partial charge in [0.1, 0.15) is 12.7 Å². The minimum Gasteiger partial charge on any atom is -0.462 e. The molecule has 0 bridgehead atoms. The number of hydrogen-bond donors (Lipinski definition) is 0. The Bertz CT molecular complexity index is 541. The molecule has 0 unspecified atom stereocenters. The maximum absolute atomic E-state index is 11.5. The van der Waals surface area contributed by atoms with Gasteiger partial charge in [-0.05, 0) is 6.92 Å². The predicted octanol–water partition coefficient (Wildman–Crippen LogP) is 0.296. The lowest BCUT2D eigenvalue weighted by atomic mass is 10.0. The van der Waals surface area contributed by atoms with Gasteiger partial charge in [-0.2, -0.15) is 0 Å². The molecule has 0 N–H and O–H groups in total. The molecule has 0 aliphatic heterocycles. The van der Waals surface area contributed by atoms with Gasteiger partial charge < -0.3 is 23.7 Å². The highest BCUT2D eigenvalue weighted by atomic mass is 16.6. The summed E-state index contributed by atoms with van der Waals surface area (Å²) >= 11 is 0. The van der Waals surface area contributed by atoms with Crippen molar-refractivity contribution in [3.05, 3.63) is 0 Å². The molecule has 0 saturated carbocycles. The number of rotatable bonds is 9. The summed E-state index contributed by atoms with van der Waals surface area (Å²) in [5, 5.41) is 0. The summed E-state index contributed by atoms with van der Waals surface area (Å²) in [7, 11) is 0. The summed E-state index contributed by atoms with van der Waals surface area (Å²) in [6.07, 6.45) is -5.02. The Balaban J connectivity index is 5.80. The Labute approximate surface area is 151 Å².